The number of benzene rings is 1. The zero-order valence-corrected chi connectivity index (χ0v) is 21.9. The van der Waals surface area contributed by atoms with E-state index in [9.17, 15) is 14.4 Å². The number of likely N-dealkylation sites (N-methyl/N-ethyl adjacent to an activating group) is 1. The Morgan fingerprint density at radius 2 is 1.97 bits per heavy atom. The summed E-state index contributed by atoms with van der Waals surface area (Å²) in [6, 6.07) is 6.86. The largest absolute Gasteiger partial charge is 0.384 e. The second-order valence-corrected chi connectivity index (χ2v) is 9.64. The molecule has 0 aliphatic carbocycles. The molecule has 3 heterocycles. The van der Waals surface area contributed by atoms with Gasteiger partial charge in [0, 0.05) is 37.7 Å². The van der Waals surface area contributed by atoms with Gasteiger partial charge in [-0.1, -0.05) is 24.6 Å². The summed E-state index contributed by atoms with van der Waals surface area (Å²) in [6.45, 7) is 3.85. The number of rotatable bonds is 7. The maximum Gasteiger partial charge on any atom is 0.325 e. The Labute approximate surface area is 220 Å². The van der Waals surface area contributed by atoms with E-state index in [2.05, 4.69) is 15.3 Å². The number of hydrogen-bond donors (Lipinski definition) is 2. The highest BCUT2D eigenvalue weighted by atomic mass is 35.5. The predicted molar refractivity (Wildman–Crippen MR) is 141 cm³/mol. The van der Waals surface area contributed by atoms with Gasteiger partial charge in [0.2, 0.25) is 11.9 Å². The average Bonchev–Trinajstić information content (AvgIpc) is 3.29. The van der Waals surface area contributed by atoms with Gasteiger partial charge in [0.05, 0.1) is 12.0 Å². The molecule has 10 nitrogen and oxygen atoms in total. The van der Waals surface area contributed by atoms with E-state index in [1.54, 1.807) is 55.5 Å². The van der Waals surface area contributed by atoms with Crippen LogP contribution in [0.4, 0.5) is 16.6 Å². The van der Waals surface area contributed by atoms with Gasteiger partial charge in [0.1, 0.15) is 11.9 Å². The molecule has 0 saturated carbocycles. The molecule has 0 unspecified atom stereocenters. The van der Waals surface area contributed by atoms with Crippen LogP contribution in [0.1, 0.15) is 36.1 Å². The minimum Gasteiger partial charge on any atom is -0.384 e. The number of amides is 4. The predicted octanol–water partition coefficient (Wildman–Crippen LogP) is 3.25. The van der Waals surface area contributed by atoms with Crippen molar-refractivity contribution < 1.29 is 14.4 Å². The number of nitrogen functional groups attached to an aromatic ring is 1. The van der Waals surface area contributed by atoms with Crippen molar-refractivity contribution in [3.8, 4) is 0 Å². The molecular weight excluding hydrogens is 494 g/mol. The van der Waals surface area contributed by atoms with E-state index in [1.165, 1.54) is 4.90 Å². The summed E-state index contributed by atoms with van der Waals surface area (Å²) in [6.07, 6.45) is 5.67. The molecule has 1 aliphatic heterocycles. The molecule has 1 fully saturated rings. The molecule has 0 spiro atoms. The lowest BCUT2D eigenvalue weighted by Gasteiger charge is -2.45. The van der Waals surface area contributed by atoms with E-state index in [0.717, 1.165) is 21.6 Å². The van der Waals surface area contributed by atoms with Crippen LogP contribution >= 0.6 is 11.6 Å². The number of nitrogens with two attached hydrogens (primary N) is 1. The fraction of sp³-hybridized carbons (Fsp3) is 0.346. The number of halogens is 1. The summed E-state index contributed by atoms with van der Waals surface area (Å²) < 4.78 is 1.69. The van der Waals surface area contributed by atoms with Gasteiger partial charge in [-0.2, -0.15) is 0 Å². The van der Waals surface area contributed by atoms with E-state index in [1.807, 2.05) is 26.0 Å². The molecule has 4 amide bonds. The Morgan fingerprint density at radius 1 is 1.22 bits per heavy atom. The first-order valence-electron chi connectivity index (χ1n) is 12.0. The monoisotopic (exact) mass is 523 g/mol. The number of urea groups is 1. The molecule has 1 aromatic carbocycles. The third-order valence-electron chi connectivity index (χ3n) is 6.73. The van der Waals surface area contributed by atoms with Crippen molar-refractivity contribution in [2.24, 2.45) is 13.0 Å². The second-order valence-electron chi connectivity index (χ2n) is 9.20. The zero-order valence-electron chi connectivity index (χ0n) is 21.2. The van der Waals surface area contributed by atoms with Gasteiger partial charge in [-0.15, -0.1) is 0 Å². The van der Waals surface area contributed by atoms with Crippen LogP contribution in [-0.2, 0) is 23.1 Å². The van der Waals surface area contributed by atoms with Crippen molar-refractivity contribution >= 4 is 41.2 Å². The van der Waals surface area contributed by atoms with Crippen LogP contribution in [0.15, 0.2) is 48.9 Å². The smallest absolute Gasteiger partial charge is 0.325 e. The van der Waals surface area contributed by atoms with Gasteiger partial charge in [0.15, 0.2) is 0 Å². The van der Waals surface area contributed by atoms with Gasteiger partial charge >= 0.3 is 6.03 Å². The lowest BCUT2D eigenvalue weighted by molar-refractivity contribution is -0.156. The minimum atomic E-state index is -1.01. The number of β-lactam (4-membered cyclic amide) rings is 1. The molecule has 3 N–H and O–H groups in total. The highest BCUT2D eigenvalue weighted by Gasteiger charge is 2.55. The zero-order chi connectivity index (χ0) is 26.9. The number of imide groups is 1. The fourth-order valence-electron chi connectivity index (χ4n) is 4.76. The molecule has 2 aromatic heterocycles. The highest BCUT2D eigenvalue weighted by molar-refractivity contribution is 6.30. The van der Waals surface area contributed by atoms with Crippen molar-refractivity contribution in [2.45, 2.75) is 38.8 Å². The van der Waals surface area contributed by atoms with Crippen LogP contribution < -0.4 is 16.0 Å². The van der Waals surface area contributed by atoms with Gasteiger partial charge in [0.25, 0.3) is 5.91 Å². The SMILES string of the molecule is CC[C@@H](NC(=O)N1C(=O)[C@H](Cc2ccnc(N)c2)[C@H]1C(=O)N(C)c1nccn1C)c1ccc(Cl)cc1C. The van der Waals surface area contributed by atoms with Crippen LogP contribution in [0.25, 0.3) is 0 Å². The summed E-state index contributed by atoms with van der Waals surface area (Å²) in [5.74, 6) is -0.857. The molecule has 4 rings (SSSR count). The number of nitrogens with zero attached hydrogens (tertiary/aromatic N) is 5. The van der Waals surface area contributed by atoms with E-state index in [4.69, 9.17) is 17.3 Å². The van der Waals surface area contributed by atoms with Crippen LogP contribution in [0, 0.1) is 12.8 Å². The Morgan fingerprint density at radius 3 is 2.59 bits per heavy atom. The summed E-state index contributed by atoms with van der Waals surface area (Å²) in [4.78, 5) is 51.0. The average molecular weight is 524 g/mol. The van der Waals surface area contributed by atoms with Crippen LogP contribution in [-0.4, -0.2) is 50.4 Å². The second kappa shape index (κ2) is 10.6. The molecule has 0 radical (unpaired) electrons. The first-order chi connectivity index (χ1) is 17.6. The highest BCUT2D eigenvalue weighted by Crippen LogP contribution is 2.33. The molecule has 194 valence electrons. The summed E-state index contributed by atoms with van der Waals surface area (Å²) >= 11 is 6.10. The standard InChI is InChI=1S/C26H30ClN7O3/c1-5-20(18-7-6-17(27)12-15(18)2)31-26(37)34-22(24(36)33(4)25-30-10-11-32(25)3)19(23(34)35)13-16-8-9-29-21(28)14-16/h6-12,14,19-20,22H,5,13H2,1-4H3,(H2,28,29)(H,31,37)/t19-,20-,22+/m1/s1. The maximum absolute atomic E-state index is 13.7. The third kappa shape index (κ3) is 5.15. The third-order valence-corrected chi connectivity index (χ3v) is 6.96. The fourth-order valence-corrected chi connectivity index (χ4v) is 4.98. The molecule has 37 heavy (non-hydrogen) atoms. The topological polar surface area (TPSA) is 126 Å². The van der Waals surface area contributed by atoms with Crippen molar-refractivity contribution in [1.82, 2.24) is 24.8 Å². The number of carbonyl (C=O) groups excluding carboxylic acids is 3. The summed E-state index contributed by atoms with van der Waals surface area (Å²) in [7, 11) is 3.34. The molecule has 11 heteroatoms. The van der Waals surface area contributed by atoms with Gasteiger partial charge in [-0.3, -0.25) is 19.4 Å². The molecule has 3 atom stereocenters. The lowest BCUT2D eigenvalue weighted by Crippen LogP contribution is -2.70. The first kappa shape index (κ1) is 26.2. The summed E-state index contributed by atoms with van der Waals surface area (Å²) in [5.41, 5.74) is 8.38. The number of nitrogens with one attached hydrogen (secondary N) is 1. The van der Waals surface area contributed by atoms with Gasteiger partial charge in [-0.05, 0) is 60.7 Å². The van der Waals surface area contributed by atoms with Gasteiger partial charge in [-0.25, -0.2) is 14.8 Å². The van der Waals surface area contributed by atoms with Crippen molar-refractivity contribution in [1.29, 1.82) is 0 Å². The van der Waals surface area contributed by atoms with E-state index >= 15 is 0 Å². The summed E-state index contributed by atoms with van der Waals surface area (Å²) in [5, 5.41) is 3.54. The molecular formula is C26H30ClN7O3. The Hall–Kier alpha value is -3.92. The number of likely N-dealkylation sites (tertiary alicyclic amines) is 1. The Kier molecular flexibility index (Phi) is 7.49. The lowest BCUT2D eigenvalue weighted by atomic mass is 9.81. The normalized spacial score (nSPS) is 17.8. The molecule has 1 saturated heterocycles. The molecule has 3 aromatic rings. The quantitative estimate of drug-likeness (QED) is 0.458. The van der Waals surface area contributed by atoms with Crippen LogP contribution in [0.5, 0.6) is 0 Å². The van der Waals surface area contributed by atoms with E-state index in [-0.39, 0.29) is 12.5 Å². The Bertz CT molecular complexity index is 1340. The number of anilines is 2. The number of pyridine rings is 1. The van der Waals surface area contributed by atoms with Crippen LogP contribution in [0.3, 0.4) is 0 Å². The van der Waals surface area contributed by atoms with Crippen LogP contribution in [0.2, 0.25) is 5.02 Å². The van der Waals surface area contributed by atoms with Crippen molar-refractivity contribution in [2.75, 3.05) is 17.7 Å². The molecule has 0 bridgehead atoms. The Balaban J connectivity index is 1.61. The minimum absolute atomic E-state index is 0.244. The number of aromatic nitrogens is 3. The maximum atomic E-state index is 13.7. The number of carbonyl (C=O) groups is 3. The molecule has 1 aliphatic rings. The van der Waals surface area contributed by atoms with Gasteiger partial charge < -0.3 is 15.6 Å². The van der Waals surface area contributed by atoms with E-state index < -0.39 is 29.8 Å². The number of imidazole rings is 1. The van der Waals surface area contributed by atoms with Crippen molar-refractivity contribution in [3.63, 3.8) is 0 Å². The first-order valence-corrected chi connectivity index (χ1v) is 12.3. The number of hydrogen-bond acceptors (Lipinski definition) is 6. The van der Waals surface area contributed by atoms with E-state index in [0.29, 0.717) is 23.2 Å². The number of aryl methyl sites for hydroxylation is 2. The van der Waals surface area contributed by atoms with Crippen molar-refractivity contribution in [3.05, 3.63) is 70.6 Å².